The van der Waals surface area contributed by atoms with Gasteiger partial charge in [0.25, 0.3) is 5.91 Å². The first-order valence-electron chi connectivity index (χ1n) is 11.6. The van der Waals surface area contributed by atoms with E-state index < -0.39 is 29.6 Å². The van der Waals surface area contributed by atoms with Crippen molar-refractivity contribution >= 4 is 23.7 Å². The van der Waals surface area contributed by atoms with Gasteiger partial charge >= 0.3 is 12.1 Å². The number of esters is 1. The van der Waals surface area contributed by atoms with Crippen LogP contribution >= 0.6 is 0 Å². The quantitative estimate of drug-likeness (QED) is 0.491. The molecule has 1 unspecified atom stereocenters. The lowest BCUT2D eigenvalue weighted by atomic mass is 9.90. The van der Waals surface area contributed by atoms with Gasteiger partial charge in [0, 0.05) is 19.2 Å². The number of anilines is 1. The van der Waals surface area contributed by atoms with Crippen LogP contribution in [0.15, 0.2) is 24.3 Å². The molecule has 2 amide bonds. The minimum absolute atomic E-state index is 0.177. The summed E-state index contributed by atoms with van der Waals surface area (Å²) in [6, 6.07) is 6.30. The lowest BCUT2D eigenvalue weighted by Gasteiger charge is -2.37. The van der Waals surface area contributed by atoms with E-state index >= 15 is 0 Å². The molecule has 2 N–H and O–H groups in total. The van der Waals surface area contributed by atoms with E-state index in [1.165, 1.54) is 11.8 Å². The van der Waals surface area contributed by atoms with Gasteiger partial charge in [0.2, 0.25) is 0 Å². The maximum Gasteiger partial charge on any atom is 0.411 e. The molecule has 2 aromatic rings. The molecule has 1 heterocycles. The Labute approximate surface area is 206 Å². The molecule has 0 saturated heterocycles. The number of amides is 2. The topological polar surface area (TPSA) is 105 Å². The summed E-state index contributed by atoms with van der Waals surface area (Å²) in [6.07, 6.45) is -0.00901. The van der Waals surface area contributed by atoms with Crippen LogP contribution in [0.1, 0.15) is 67.1 Å². The molecule has 1 aliphatic heterocycles. The Kier molecular flexibility index (Phi) is 7.55. The average Bonchev–Trinajstić information content (AvgIpc) is 2.77. The van der Waals surface area contributed by atoms with E-state index in [1.807, 2.05) is 26.0 Å². The van der Waals surface area contributed by atoms with E-state index in [9.17, 15) is 19.5 Å². The van der Waals surface area contributed by atoms with Gasteiger partial charge < -0.3 is 19.9 Å². The molecule has 35 heavy (non-hydrogen) atoms. The van der Waals surface area contributed by atoms with Gasteiger partial charge in [-0.1, -0.05) is 18.2 Å². The van der Waals surface area contributed by atoms with Gasteiger partial charge in [-0.3, -0.25) is 14.5 Å². The minimum atomic E-state index is -0.937. The number of nitrogens with one attached hydrogen (secondary N) is 1. The minimum Gasteiger partial charge on any atom is -0.444 e. The standard InChI is InChI=1S/C27H34N2O6/c1-15-12-22(16(2)17(3)24(15)34-18(4)31)28-25(32)23-21-13-19(14-30)8-9-20(21)10-11-29(23)26(33)35-27(5,6)7/h8-9,12-13,23,30H,10-11,14H2,1-7H3,(H,28,32). The number of carbonyl (C=O) groups is 3. The predicted molar refractivity (Wildman–Crippen MR) is 132 cm³/mol. The number of rotatable bonds is 4. The molecule has 0 fully saturated rings. The second-order valence-electron chi connectivity index (χ2n) is 9.92. The fraction of sp³-hybridized carbons (Fsp3) is 0.444. The third-order valence-electron chi connectivity index (χ3n) is 6.03. The van der Waals surface area contributed by atoms with Crippen LogP contribution in [-0.2, 0) is 27.4 Å². The van der Waals surface area contributed by atoms with Gasteiger partial charge in [0.05, 0.1) is 6.61 Å². The van der Waals surface area contributed by atoms with Gasteiger partial charge in [0.15, 0.2) is 0 Å². The van der Waals surface area contributed by atoms with Crippen LogP contribution < -0.4 is 10.1 Å². The zero-order chi connectivity index (χ0) is 26.1. The van der Waals surface area contributed by atoms with E-state index in [2.05, 4.69) is 5.32 Å². The SMILES string of the molecule is CC(=O)Oc1c(C)cc(NC(=O)C2c3cc(CO)ccc3CCN2C(=O)OC(C)(C)C)c(C)c1C. The highest BCUT2D eigenvalue weighted by molar-refractivity contribution is 5.98. The normalized spacial score (nSPS) is 15.3. The van der Waals surface area contributed by atoms with Crippen LogP contribution in [0.4, 0.5) is 10.5 Å². The Bertz CT molecular complexity index is 1170. The molecular formula is C27H34N2O6. The van der Waals surface area contributed by atoms with Gasteiger partial charge in [-0.05, 0) is 87.4 Å². The molecule has 0 aromatic heterocycles. The first-order valence-corrected chi connectivity index (χ1v) is 11.6. The van der Waals surface area contributed by atoms with Crippen LogP contribution in [-0.4, -0.2) is 40.1 Å². The van der Waals surface area contributed by atoms with E-state index in [0.717, 1.165) is 16.7 Å². The summed E-state index contributed by atoms with van der Waals surface area (Å²) in [4.78, 5) is 39.8. The Morgan fingerprint density at radius 1 is 1.11 bits per heavy atom. The number of ether oxygens (including phenoxy) is 2. The van der Waals surface area contributed by atoms with Crippen molar-refractivity contribution in [2.75, 3.05) is 11.9 Å². The molecule has 0 radical (unpaired) electrons. The van der Waals surface area contributed by atoms with E-state index in [4.69, 9.17) is 9.47 Å². The molecular weight excluding hydrogens is 448 g/mol. The van der Waals surface area contributed by atoms with Crippen molar-refractivity contribution in [2.45, 2.75) is 73.1 Å². The zero-order valence-corrected chi connectivity index (χ0v) is 21.4. The largest absolute Gasteiger partial charge is 0.444 e. The summed E-state index contributed by atoms with van der Waals surface area (Å²) in [5.41, 5.74) is 4.30. The predicted octanol–water partition coefficient (Wildman–Crippen LogP) is 4.50. The summed E-state index contributed by atoms with van der Waals surface area (Å²) >= 11 is 0. The molecule has 0 aliphatic carbocycles. The summed E-state index contributed by atoms with van der Waals surface area (Å²) in [5, 5.41) is 12.6. The molecule has 0 spiro atoms. The van der Waals surface area contributed by atoms with Crippen molar-refractivity contribution < 1.29 is 29.0 Å². The van der Waals surface area contributed by atoms with Crippen molar-refractivity contribution in [3.05, 3.63) is 57.6 Å². The number of nitrogens with zero attached hydrogens (tertiary/aromatic N) is 1. The van der Waals surface area contributed by atoms with E-state index in [0.29, 0.717) is 41.1 Å². The number of fused-ring (bicyclic) bond motifs is 1. The first-order chi connectivity index (χ1) is 16.3. The number of aryl methyl sites for hydroxylation is 1. The van der Waals surface area contributed by atoms with Crippen molar-refractivity contribution in [3.8, 4) is 5.75 Å². The molecule has 1 aliphatic rings. The van der Waals surface area contributed by atoms with Crippen LogP contribution in [0.5, 0.6) is 5.75 Å². The number of aliphatic hydroxyl groups is 1. The smallest absolute Gasteiger partial charge is 0.411 e. The highest BCUT2D eigenvalue weighted by Gasteiger charge is 2.38. The second-order valence-corrected chi connectivity index (χ2v) is 9.92. The summed E-state index contributed by atoms with van der Waals surface area (Å²) in [7, 11) is 0. The van der Waals surface area contributed by atoms with Gasteiger partial charge in [-0.15, -0.1) is 0 Å². The maximum absolute atomic E-state index is 13.7. The summed E-state index contributed by atoms with van der Waals surface area (Å²) in [5.74, 6) is -0.341. The zero-order valence-electron chi connectivity index (χ0n) is 21.4. The highest BCUT2D eigenvalue weighted by Crippen LogP contribution is 2.36. The first kappa shape index (κ1) is 26.2. The average molecular weight is 483 g/mol. The molecule has 1 atom stereocenters. The van der Waals surface area contributed by atoms with Crippen molar-refractivity contribution in [1.29, 1.82) is 0 Å². The van der Waals surface area contributed by atoms with Crippen LogP contribution in [0.25, 0.3) is 0 Å². The Morgan fingerprint density at radius 3 is 2.40 bits per heavy atom. The Balaban J connectivity index is 2.03. The van der Waals surface area contributed by atoms with Crippen LogP contribution in [0.3, 0.4) is 0 Å². The molecule has 8 nitrogen and oxygen atoms in total. The van der Waals surface area contributed by atoms with Crippen LogP contribution in [0.2, 0.25) is 0 Å². The second kappa shape index (κ2) is 10.1. The molecule has 3 rings (SSSR count). The third-order valence-corrected chi connectivity index (χ3v) is 6.03. The number of benzene rings is 2. The monoisotopic (exact) mass is 482 g/mol. The van der Waals surface area contributed by atoms with Gasteiger partial charge in [-0.25, -0.2) is 4.79 Å². The van der Waals surface area contributed by atoms with Crippen molar-refractivity contribution in [3.63, 3.8) is 0 Å². The molecule has 188 valence electrons. The molecule has 0 bridgehead atoms. The van der Waals surface area contributed by atoms with Crippen molar-refractivity contribution in [1.82, 2.24) is 4.90 Å². The fourth-order valence-electron chi connectivity index (χ4n) is 4.25. The lowest BCUT2D eigenvalue weighted by molar-refractivity contribution is -0.132. The highest BCUT2D eigenvalue weighted by atomic mass is 16.6. The molecule has 8 heteroatoms. The number of hydrogen-bond acceptors (Lipinski definition) is 6. The number of hydrogen-bond donors (Lipinski definition) is 2. The van der Waals surface area contributed by atoms with Crippen LogP contribution in [0, 0.1) is 20.8 Å². The lowest BCUT2D eigenvalue weighted by Crippen LogP contribution is -2.47. The molecule has 2 aromatic carbocycles. The van der Waals surface area contributed by atoms with Gasteiger partial charge in [-0.2, -0.15) is 0 Å². The summed E-state index contributed by atoms with van der Waals surface area (Å²) < 4.78 is 11.0. The van der Waals surface area contributed by atoms with Gasteiger partial charge in [0.1, 0.15) is 17.4 Å². The maximum atomic E-state index is 13.7. The third kappa shape index (κ3) is 5.82. The molecule has 0 saturated carbocycles. The summed E-state index contributed by atoms with van der Waals surface area (Å²) in [6.45, 7) is 12.3. The van der Waals surface area contributed by atoms with E-state index in [-0.39, 0.29) is 6.61 Å². The van der Waals surface area contributed by atoms with Crippen molar-refractivity contribution in [2.24, 2.45) is 0 Å². The fourth-order valence-corrected chi connectivity index (χ4v) is 4.25. The number of aliphatic hydroxyl groups excluding tert-OH is 1. The Morgan fingerprint density at radius 2 is 1.80 bits per heavy atom. The number of carbonyl (C=O) groups excluding carboxylic acids is 3. The van der Waals surface area contributed by atoms with E-state index in [1.54, 1.807) is 39.8 Å². The Hall–Kier alpha value is -3.39.